The summed E-state index contributed by atoms with van der Waals surface area (Å²) in [6.45, 7) is 1.56. The molecule has 0 atom stereocenters. The number of rotatable bonds is 3. The second-order valence-electron chi connectivity index (χ2n) is 5.62. The van der Waals surface area contributed by atoms with Gasteiger partial charge < -0.3 is 14.8 Å². The van der Waals surface area contributed by atoms with Crippen LogP contribution >= 0.6 is 0 Å². The molecule has 23 heavy (non-hydrogen) atoms. The zero-order valence-electron chi connectivity index (χ0n) is 12.9. The Kier molecular flexibility index (Phi) is 4.24. The van der Waals surface area contributed by atoms with Crippen LogP contribution in [0.25, 0.3) is 0 Å². The van der Waals surface area contributed by atoms with Gasteiger partial charge in [-0.1, -0.05) is 0 Å². The molecule has 3 rings (SSSR count). The second kappa shape index (κ2) is 6.48. The molecule has 0 radical (unpaired) electrons. The van der Waals surface area contributed by atoms with Crippen LogP contribution in [0.1, 0.15) is 18.4 Å². The van der Waals surface area contributed by atoms with Crippen LogP contribution in [0.5, 0.6) is 0 Å². The highest BCUT2D eigenvalue weighted by atomic mass is 16.1. The van der Waals surface area contributed by atoms with Gasteiger partial charge in [-0.3, -0.25) is 4.79 Å². The molecule has 1 fully saturated rings. The Labute approximate surface area is 134 Å². The minimum atomic E-state index is -0.0623. The molecule has 7 heteroatoms. The summed E-state index contributed by atoms with van der Waals surface area (Å²) in [4.78, 5) is 22.6. The van der Waals surface area contributed by atoms with Gasteiger partial charge in [-0.05, 0) is 25.0 Å². The molecule has 1 saturated heterocycles. The van der Waals surface area contributed by atoms with E-state index in [0.29, 0.717) is 17.4 Å². The Hall–Kier alpha value is -2.88. The fourth-order valence-corrected chi connectivity index (χ4v) is 2.69. The standard InChI is InChI=1S/C16H18N6O/c1-21-9-6-18-15(16(21)23)22-7-4-13(5-8-22)20-14-3-2-12(10-17)11-19-14/h2-3,6,9,11,13H,4-5,7-8H2,1H3,(H,19,20). The molecule has 0 saturated carbocycles. The Morgan fingerprint density at radius 1 is 1.30 bits per heavy atom. The molecule has 0 amide bonds. The molecule has 0 unspecified atom stereocenters. The number of pyridine rings is 1. The number of piperidine rings is 1. The van der Waals surface area contributed by atoms with Crippen molar-refractivity contribution in [3.8, 4) is 6.07 Å². The maximum Gasteiger partial charge on any atom is 0.293 e. The van der Waals surface area contributed by atoms with Crippen LogP contribution in [-0.4, -0.2) is 33.7 Å². The largest absolute Gasteiger partial charge is 0.367 e. The zero-order chi connectivity index (χ0) is 16.2. The quantitative estimate of drug-likeness (QED) is 0.914. The van der Waals surface area contributed by atoms with Crippen LogP contribution < -0.4 is 15.8 Å². The molecule has 118 valence electrons. The average Bonchev–Trinajstić information content (AvgIpc) is 2.59. The number of hydrogen-bond donors (Lipinski definition) is 1. The summed E-state index contributed by atoms with van der Waals surface area (Å²) in [5.41, 5.74) is 0.490. The second-order valence-corrected chi connectivity index (χ2v) is 5.62. The molecular formula is C16H18N6O. The third-order valence-corrected chi connectivity index (χ3v) is 4.04. The van der Waals surface area contributed by atoms with E-state index in [2.05, 4.69) is 21.4 Å². The van der Waals surface area contributed by atoms with Gasteiger partial charge >= 0.3 is 0 Å². The van der Waals surface area contributed by atoms with E-state index in [0.717, 1.165) is 31.7 Å². The van der Waals surface area contributed by atoms with Crippen molar-refractivity contribution < 1.29 is 0 Å². The van der Waals surface area contributed by atoms with Crippen molar-refractivity contribution in [2.24, 2.45) is 7.05 Å². The number of nitrogens with one attached hydrogen (secondary N) is 1. The van der Waals surface area contributed by atoms with E-state index in [1.807, 2.05) is 11.0 Å². The highest BCUT2D eigenvalue weighted by Crippen LogP contribution is 2.17. The normalized spacial score (nSPS) is 15.2. The van der Waals surface area contributed by atoms with Gasteiger partial charge in [-0.25, -0.2) is 9.97 Å². The number of nitrogens with zero attached hydrogens (tertiary/aromatic N) is 5. The Balaban J connectivity index is 1.61. The monoisotopic (exact) mass is 310 g/mol. The summed E-state index contributed by atoms with van der Waals surface area (Å²) in [6.07, 6.45) is 6.69. The summed E-state index contributed by atoms with van der Waals surface area (Å²) in [6, 6.07) is 5.93. The van der Waals surface area contributed by atoms with Crippen molar-refractivity contribution in [3.05, 3.63) is 46.6 Å². The average molecular weight is 310 g/mol. The summed E-state index contributed by atoms with van der Waals surface area (Å²) < 4.78 is 1.55. The van der Waals surface area contributed by atoms with Gasteiger partial charge in [0.2, 0.25) is 0 Å². The lowest BCUT2D eigenvalue weighted by atomic mass is 10.1. The van der Waals surface area contributed by atoms with Crippen LogP contribution in [0.2, 0.25) is 0 Å². The molecule has 1 aliphatic rings. The van der Waals surface area contributed by atoms with Crippen LogP contribution in [0.4, 0.5) is 11.6 Å². The fourth-order valence-electron chi connectivity index (χ4n) is 2.69. The highest BCUT2D eigenvalue weighted by Gasteiger charge is 2.22. The van der Waals surface area contributed by atoms with Gasteiger partial charge in [0.05, 0.1) is 5.56 Å². The predicted molar refractivity (Wildman–Crippen MR) is 87.3 cm³/mol. The van der Waals surface area contributed by atoms with E-state index in [9.17, 15) is 4.79 Å². The Morgan fingerprint density at radius 3 is 2.74 bits per heavy atom. The zero-order valence-corrected chi connectivity index (χ0v) is 12.9. The maximum absolute atomic E-state index is 12.1. The molecule has 0 aliphatic carbocycles. The van der Waals surface area contributed by atoms with E-state index in [1.165, 1.54) is 0 Å². The van der Waals surface area contributed by atoms with Gasteiger partial charge in [0.25, 0.3) is 5.56 Å². The first kappa shape index (κ1) is 15.0. The van der Waals surface area contributed by atoms with Gasteiger partial charge in [0.15, 0.2) is 5.82 Å². The third-order valence-electron chi connectivity index (χ3n) is 4.04. The first-order valence-corrected chi connectivity index (χ1v) is 7.56. The summed E-state index contributed by atoms with van der Waals surface area (Å²) in [5, 5.41) is 12.2. The molecule has 0 aromatic carbocycles. The number of nitriles is 1. The Morgan fingerprint density at radius 2 is 2.09 bits per heavy atom. The van der Waals surface area contributed by atoms with Gasteiger partial charge in [-0.15, -0.1) is 0 Å². The maximum atomic E-state index is 12.1. The van der Waals surface area contributed by atoms with Gasteiger partial charge in [0.1, 0.15) is 11.9 Å². The van der Waals surface area contributed by atoms with Crippen molar-refractivity contribution in [3.63, 3.8) is 0 Å². The molecule has 1 N–H and O–H groups in total. The van der Waals surface area contributed by atoms with Crippen LogP contribution in [-0.2, 0) is 7.05 Å². The predicted octanol–water partition coefficient (Wildman–Crippen LogP) is 1.13. The number of anilines is 2. The van der Waals surface area contributed by atoms with Crippen molar-refractivity contribution in [1.82, 2.24) is 14.5 Å². The number of aromatic nitrogens is 3. The molecular weight excluding hydrogens is 292 g/mol. The molecule has 1 aliphatic heterocycles. The highest BCUT2D eigenvalue weighted by molar-refractivity contribution is 5.41. The van der Waals surface area contributed by atoms with Crippen molar-refractivity contribution in [1.29, 1.82) is 5.26 Å². The molecule has 3 heterocycles. The molecule has 7 nitrogen and oxygen atoms in total. The third kappa shape index (κ3) is 3.31. The van der Waals surface area contributed by atoms with Crippen LogP contribution in [0, 0.1) is 11.3 Å². The molecule has 0 bridgehead atoms. The Bertz CT molecular complexity index is 768. The van der Waals surface area contributed by atoms with E-state index < -0.39 is 0 Å². The lowest BCUT2D eigenvalue weighted by Gasteiger charge is -2.33. The summed E-state index contributed by atoms with van der Waals surface area (Å²) >= 11 is 0. The summed E-state index contributed by atoms with van der Waals surface area (Å²) in [5.74, 6) is 1.29. The van der Waals surface area contributed by atoms with E-state index in [4.69, 9.17) is 5.26 Å². The van der Waals surface area contributed by atoms with Crippen molar-refractivity contribution in [2.75, 3.05) is 23.3 Å². The van der Waals surface area contributed by atoms with Gasteiger partial charge in [0, 0.05) is 44.8 Å². The molecule has 0 spiro atoms. The lowest BCUT2D eigenvalue weighted by Crippen LogP contribution is -2.42. The van der Waals surface area contributed by atoms with Crippen LogP contribution in [0.3, 0.4) is 0 Å². The molecule has 2 aromatic heterocycles. The topological polar surface area (TPSA) is 86.8 Å². The smallest absolute Gasteiger partial charge is 0.293 e. The molecule has 2 aromatic rings. The van der Waals surface area contributed by atoms with E-state index in [1.54, 1.807) is 36.3 Å². The van der Waals surface area contributed by atoms with E-state index >= 15 is 0 Å². The number of aryl methyl sites for hydroxylation is 1. The lowest BCUT2D eigenvalue weighted by molar-refractivity contribution is 0.519. The van der Waals surface area contributed by atoms with Crippen LogP contribution in [0.15, 0.2) is 35.5 Å². The first-order chi connectivity index (χ1) is 11.2. The first-order valence-electron chi connectivity index (χ1n) is 7.56. The minimum Gasteiger partial charge on any atom is -0.367 e. The SMILES string of the molecule is Cn1ccnc(N2CCC(Nc3ccc(C#N)cn3)CC2)c1=O. The van der Waals surface area contributed by atoms with E-state index in [-0.39, 0.29) is 5.56 Å². The van der Waals surface area contributed by atoms with Crippen molar-refractivity contribution in [2.45, 2.75) is 18.9 Å². The fraction of sp³-hybridized carbons (Fsp3) is 0.375. The number of hydrogen-bond acceptors (Lipinski definition) is 6. The summed E-state index contributed by atoms with van der Waals surface area (Å²) in [7, 11) is 1.73. The van der Waals surface area contributed by atoms with Crippen molar-refractivity contribution >= 4 is 11.6 Å². The van der Waals surface area contributed by atoms with Gasteiger partial charge in [-0.2, -0.15) is 5.26 Å². The minimum absolute atomic E-state index is 0.0623.